The second-order valence-corrected chi connectivity index (χ2v) is 16.9. The van der Waals surface area contributed by atoms with Crippen molar-refractivity contribution in [1.82, 2.24) is 9.13 Å². The van der Waals surface area contributed by atoms with Gasteiger partial charge >= 0.3 is 0 Å². The van der Waals surface area contributed by atoms with E-state index in [-0.39, 0.29) is 0 Å². The van der Waals surface area contributed by atoms with Crippen LogP contribution in [0, 0.1) is 0 Å². The largest absolute Gasteiger partial charge is 0.310 e. The zero-order valence-electron chi connectivity index (χ0n) is 37.7. The average Bonchev–Trinajstić information content (AvgIpc) is 3.91. The molecule has 2 aromatic heterocycles. The van der Waals surface area contributed by atoms with Crippen LogP contribution in [-0.4, -0.2) is 9.13 Å². The van der Waals surface area contributed by atoms with Crippen LogP contribution in [0.1, 0.15) is 20.3 Å². The van der Waals surface area contributed by atoms with Crippen molar-refractivity contribution in [2.24, 2.45) is 0 Å². The van der Waals surface area contributed by atoms with Gasteiger partial charge in [-0.2, -0.15) is 0 Å². The summed E-state index contributed by atoms with van der Waals surface area (Å²) in [6, 6.07) is 91.7. The Hall–Kier alpha value is -8.60. The number of benzene rings is 10. The van der Waals surface area contributed by atoms with Crippen LogP contribution < -0.4 is 9.80 Å². The quantitative estimate of drug-likeness (QED) is 0.144. The van der Waals surface area contributed by atoms with Gasteiger partial charge in [0.05, 0.1) is 22.1 Å². The van der Waals surface area contributed by atoms with Gasteiger partial charge in [-0.25, -0.2) is 0 Å². The average molecular weight is 863 g/mol. The van der Waals surface area contributed by atoms with E-state index in [1.807, 2.05) is 0 Å². The van der Waals surface area contributed by atoms with E-state index in [2.05, 4.69) is 288 Å². The minimum Gasteiger partial charge on any atom is -0.310 e. The number of hydrogen-bond acceptors (Lipinski definition) is 2. The summed E-state index contributed by atoms with van der Waals surface area (Å²) in [5, 5.41) is 4.90. The summed E-state index contributed by atoms with van der Waals surface area (Å²) >= 11 is 0. The third-order valence-electron chi connectivity index (χ3n) is 12.4. The van der Waals surface area contributed by atoms with Crippen LogP contribution in [0.3, 0.4) is 0 Å². The molecule has 10 aromatic carbocycles. The van der Waals surface area contributed by atoms with Crippen molar-refractivity contribution in [2.45, 2.75) is 20.3 Å². The standard InChI is InChI=1S/C60H42N4.C3H8/c1-5-19-45(20-6-1)61(51-36-38-59-55(41-51)53-28-13-15-30-57(53)63(59)47-23-9-3-10-24-47)49-34-32-43(33-35-49)44-18-17-27-50(40-44)62(46-21-7-2-8-22-46)52-37-39-60-56(42-52)54-29-14-16-31-58(54)64(60)48-25-11-4-12-26-48;1-3-2/h1-42H;3H2,1-2H3. The Morgan fingerprint density at radius 3 is 1.09 bits per heavy atom. The van der Waals surface area contributed by atoms with Crippen molar-refractivity contribution in [3.05, 3.63) is 255 Å². The van der Waals surface area contributed by atoms with Crippen molar-refractivity contribution < 1.29 is 0 Å². The van der Waals surface area contributed by atoms with Crippen molar-refractivity contribution in [1.29, 1.82) is 0 Å². The van der Waals surface area contributed by atoms with Crippen LogP contribution in [-0.2, 0) is 0 Å². The molecule has 0 fully saturated rings. The molecule has 0 saturated heterocycles. The van der Waals surface area contributed by atoms with Crippen molar-refractivity contribution >= 4 is 77.7 Å². The van der Waals surface area contributed by atoms with Gasteiger partial charge < -0.3 is 18.9 Å². The van der Waals surface area contributed by atoms with Crippen LogP contribution >= 0.6 is 0 Å². The van der Waals surface area contributed by atoms with Gasteiger partial charge in [0.1, 0.15) is 0 Å². The maximum atomic E-state index is 2.37. The van der Waals surface area contributed by atoms with E-state index in [9.17, 15) is 0 Å². The third-order valence-corrected chi connectivity index (χ3v) is 12.4. The molecule has 0 unspecified atom stereocenters. The Balaban J connectivity index is 0.00000161. The van der Waals surface area contributed by atoms with Crippen LogP contribution in [0.15, 0.2) is 255 Å². The molecule has 0 spiro atoms. The smallest absolute Gasteiger partial charge is 0.0542 e. The first-order valence-electron chi connectivity index (χ1n) is 23.3. The van der Waals surface area contributed by atoms with Gasteiger partial charge in [0.2, 0.25) is 0 Å². The van der Waals surface area contributed by atoms with Gasteiger partial charge in [-0.05, 0) is 132 Å². The van der Waals surface area contributed by atoms with Crippen LogP contribution in [0.25, 0.3) is 66.1 Å². The second-order valence-electron chi connectivity index (χ2n) is 16.9. The third kappa shape index (κ3) is 7.69. The Bertz CT molecular complexity index is 3610. The normalized spacial score (nSPS) is 11.2. The Morgan fingerprint density at radius 1 is 0.269 bits per heavy atom. The fourth-order valence-electron chi connectivity index (χ4n) is 9.59. The minimum atomic E-state index is 1.09. The first-order chi connectivity index (χ1) is 33.2. The molecule has 12 aromatic rings. The predicted molar refractivity (Wildman–Crippen MR) is 286 cm³/mol. The maximum absolute atomic E-state index is 2.37. The topological polar surface area (TPSA) is 16.3 Å². The summed E-state index contributed by atoms with van der Waals surface area (Å²) in [6.45, 7) is 4.25. The molecule has 12 rings (SSSR count). The number of rotatable bonds is 9. The number of para-hydroxylation sites is 6. The molecule has 322 valence electrons. The highest BCUT2D eigenvalue weighted by molar-refractivity contribution is 6.12. The van der Waals surface area contributed by atoms with Gasteiger partial charge in [-0.3, -0.25) is 0 Å². The van der Waals surface area contributed by atoms with Gasteiger partial charge in [0, 0.05) is 67.0 Å². The maximum Gasteiger partial charge on any atom is 0.0542 e. The Kier molecular flexibility index (Phi) is 11.1. The van der Waals surface area contributed by atoms with Gasteiger partial charge in [0.15, 0.2) is 0 Å². The summed E-state index contributed by atoms with van der Waals surface area (Å²) in [4.78, 5) is 4.73. The Labute approximate surface area is 392 Å². The van der Waals surface area contributed by atoms with Gasteiger partial charge in [0.25, 0.3) is 0 Å². The first-order valence-corrected chi connectivity index (χ1v) is 23.3. The lowest BCUT2D eigenvalue weighted by atomic mass is 10.0. The van der Waals surface area contributed by atoms with E-state index < -0.39 is 0 Å². The molecule has 0 N–H and O–H groups in total. The zero-order valence-corrected chi connectivity index (χ0v) is 37.7. The predicted octanol–water partition coefficient (Wildman–Crippen LogP) is 17.9. The number of fused-ring (bicyclic) bond motifs is 6. The number of hydrogen-bond donors (Lipinski definition) is 0. The molecule has 4 nitrogen and oxygen atoms in total. The molecular formula is C63H50N4. The number of nitrogens with zero attached hydrogens (tertiary/aromatic N) is 4. The Morgan fingerprint density at radius 2 is 0.612 bits per heavy atom. The van der Waals surface area contributed by atoms with Crippen LogP contribution in [0.5, 0.6) is 0 Å². The first kappa shape index (κ1) is 41.1. The highest BCUT2D eigenvalue weighted by Crippen LogP contribution is 2.43. The SMILES string of the molecule is CCC.c1ccc(N(c2ccc(-c3cccc(N(c4ccccc4)c4ccc5c(c4)c4ccccc4n5-c4ccccc4)c3)cc2)c2ccc3c(c2)c2ccccc2n3-c2ccccc2)cc1. The molecule has 2 heterocycles. The molecule has 0 aliphatic heterocycles. The van der Waals surface area contributed by atoms with E-state index in [1.165, 1.54) is 50.0 Å². The minimum absolute atomic E-state index is 1.09. The summed E-state index contributed by atoms with van der Waals surface area (Å²) in [6.07, 6.45) is 1.25. The molecule has 4 heteroatoms. The lowest BCUT2D eigenvalue weighted by Crippen LogP contribution is -2.10. The highest BCUT2D eigenvalue weighted by atomic mass is 15.1. The molecule has 0 aliphatic carbocycles. The molecule has 0 saturated carbocycles. The van der Waals surface area contributed by atoms with E-state index >= 15 is 0 Å². The van der Waals surface area contributed by atoms with Gasteiger partial charge in [-0.1, -0.05) is 154 Å². The number of anilines is 6. The molecule has 0 bridgehead atoms. The lowest BCUT2D eigenvalue weighted by molar-refractivity contribution is 1.09. The zero-order chi connectivity index (χ0) is 45.1. The van der Waals surface area contributed by atoms with E-state index in [0.717, 1.165) is 56.6 Å². The lowest BCUT2D eigenvalue weighted by Gasteiger charge is -2.27. The summed E-state index contributed by atoms with van der Waals surface area (Å²) < 4.78 is 4.74. The number of aromatic nitrogens is 2. The molecular weight excluding hydrogens is 813 g/mol. The van der Waals surface area contributed by atoms with Gasteiger partial charge in [-0.15, -0.1) is 0 Å². The van der Waals surface area contributed by atoms with Crippen molar-refractivity contribution in [3.63, 3.8) is 0 Å². The van der Waals surface area contributed by atoms with Crippen molar-refractivity contribution in [3.8, 4) is 22.5 Å². The fourth-order valence-corrected chi connectivity index (χ4v) is 9.59. The highest BCUT2D eigenvalue weighted by Gasteiger charge is 2.20. The van der Waals surface area contributed by atoms with E-state index in [0.29, 0.717) is 0 Å². The molecule has 0 radical (unpaired) electrons. The summed E-state index contributed by atoms with van der Waals surface area (Å²) in [7, 11) is 0. The van der Waals surface area contributed by atoms with Crippen molar-refractivity contribution in [2.75, 3.05) is 9.80 Å². The van der Waals surface area contributed by atoms with E-state index in [4.69, 9.17) is 0 Å². The monoisotopic (exact) mass is 862 g/mol. The summed E-state index contributed by atoms with van der Waals surface area (Å²) in [5.41, 5.74) is 15.9. The summed E-state index contributed by atoms with van der Waals surface area (Å²) in [5.74, 6) is 0. The van der Waals surface area contributed by atoms with Crippen LogP contribution in [0.4, 0.5) is 34.1 Å². The molecule has 0 aliphatic rings. The van der Waals surface area contributed by atoms with E-state index in [1.54, 1.807) is 0 Å². The molecule has 0 amide bonds. The second kappa shape index (κ2) is 18.1. The fraction of sp³-hybridized carbons (Fsp3) is 0.0476. The molecule has 67 heavy (non-hydrogen) atoms. The van der Waals surface area contributed by atoms with Crippen LogP contribution in [0.2, 0.25) is 0 Å². The molecule has 0 atom stereocenters.